The summed E-state index contributed by atoms with van der Waals surface area (Å²) in [6, 6.07) is 56.8. The second kappa shape index (κ2) is 10.9. The highest BCUT2D eigenvalue weighted by Gasteiger charge is 2.25. The number of hydrogen-bond acceptors (Lipinski definition) is 1. The lowest BCUT2D eigenvalue weighted by Crippen LogP contribution is -2.04. The van der Waals surface area contributed by atoms with E-state index in [-0.39, 0.29) is 0 Å². The monoisotopic (exact) mass is 652 g/mol. The van der Waals surface area contributed by atoms with Crippen molar-refractivity contribution < 1.29 is 0 Å². The smallest absolute Gasteiger partial charge is 0.138 e. The molecular formula is C47H32N4. The van der Waals surface area contributed by atoms with Crippen LogP contribution in [0.4, 0.5) is 0 Å². The van der Waals surface area contributed by atoms with Crippen LogP contribution in [0.25, 0.3) is 89.0 Å². The molecule has 4 heteroatoms. The summed E-state index contributed by atoms with van der Waals surface area (Å²) in [5.41, 5.74) is 12.9. The molecule has 0 saturated carbocycles. The number of para-hydroxylation sites is 4. The predicted molar refractivity (Wildman–Crippen MR) is 213 cm³/mol. The second-order valence-corrected chi connectivity index (χ2v) is 13.5. The van der Waals surface area contributed by atoms with E-state index in [9.17, 15) is 0 Å². The highest BCUT2D eigenvalue weighted by Crippen LogP contribution is 2.42. The molecule has 4 heterocycles. The third-order valence-corrected chi connectivity index (χ3v) is 10.7. The molecule has 0 amide bonds. The molecule has 0 saturated heterocycles. The summed E-state index contributed by atoms with van der Waals surface area (Å²) in [6.07, 6.45) is 6.65. The van der Waals surface area contributed by atoms with Gasteiger partial charge in [-0.15, -0.1) is 0 Å². The summed E-state index contributed by atoms with van der Waals surface area (Å²) in [7, 11) is 0. The van der Waals surface area contributed by atoms with Crippen LogP contribution in [0.15, 0.2) is 164 Å². The Hall–Kier alpha value is -6.65. The van der Waals surface area contributed by atoms with E-state index in [0.29, 0.717) is 0 Å². The summed E-state index contributed by atoms with van der Waals surface area (Å²) in [5.74, 6) is 0.921. The van der Waals surface area contributed by atoms with Gasteiger partial charge in [0.2, 0.25) is 0 Å². The van der Waals surface area contributed by atoms with Crippen LogP contribution in [0.2, 0.25) is 0 Å². The van der Waals surface area contributed by atoms with Crippen LogP contribution in [0.1, 0.15) is 17.7 Å². The zero-order chi connectivity index (χ0) is 33.5. The number of allylic oxidation sites excluding steroid dienone is 1. The molecule has 0 radical (unpaired) electrons. The maximum Gasteiger partial charge on any atom is 0.138 e. The molecule has 51 heavy (non-hydrogen) atoms. The van der Waals surface area contributed by atoms with Crippen LogP contribution in [0.5, 0.6) is 0 Å². The van der Waals surface area contributed by atoms with Crippen LogP contribution in [0, 0.1) is 0 Å². The van der Waals surface area contributed by atoms with Crippen LogP contribution in [-0.4, -0.2) is 18.7 Å². The van der Waals surface area contributed by atoms with Crippen molar-refractivity contribution in [3.8, 4) is 28.5 Å². The number of benzene rings is 6. The van der Waals surface area contributed by atoms with Gasteiger partial charge in [-0.05, 0) is 79.1 Å². The zero-order valence-electron chi connectivity index (χ0n) is 27.9. The first-order chi connectivity index (χ1) is 25.3. The van der Waals surface area contributed by atoms with Crippen LogP contribution in [0.3, 0.4) is 0 Å². The highest BCUT2D eigenvalue weighted by molar-refractivity contribution is 6.19. The molecule has 0 fully saturated rings. The standard InChI is InChI=1S/C47H32N4/c1-2-15-32(16-3-1)50-43-25-10-6-20-36(43)38-28-29-39-37-21-7-11-26-44(37)51(47(39)46(38)50)45-27-13-22-40(48-45)31-14-12-17-33(30-31)49-41-23-8-4-18-34(41)35-19-5-9-24-42(35)49/h1-6,8-20,22-30H,7,21H2. The predicted octanol–water partition coefficient (Wildman–Crippen LogP) is 11.8. The zero-order valence-corrected chi connectivity index (χ0v) is 27.9. The molecule has 4 aromatic heterocycles. The molecule has 240 valence electrons. The summed E-state index contributed by atoms with van der Waals surface area (Å²) >= 11 is 0. The largest absolute Gasteiger partial charge is 0.309 e. The lowest BCUT2D eigenvalue weighted by atomic mass is 10.00. The Morgan fingerprint density at radius 3 is 1.82 bits per heavy atom. The van der Waals surface area contributed by atoms with Crippen molar-refractivity contribution in [3.05, 3.63) is 175 Å². The van der Waals surface area contributed by atoms with E-state index < -0.39 is 0 Å². The van der Waals surface area contributed by atoms with Gasteiger partial charge >= 0.3 is 0 Å². The van der Waals surface area contributed by atoms with Gasteiger partial charge in [-0.1, -0.05) is 109 Å². The lowest BCUT2D eigenvalue weighted by molar-refractivity contribution is 0.953. The van der Waals surface area contributed by atoms with Gasteiger partial charge < -0.3 is 9.13 Å². The Kier molecular flexibility index (Phi) is 6.05. The molecule has 0 unspecified atom stereocenters. The number of fused-ring (bicyclic) bond motifs is 10. The van der Waals surface area contributed by atoms with Gasteiger partial charge in [0.25, 0.3) is 0 Å². The van der Waals surface area contributed by atoms with Crippen LogP contribution < -0.4 is 0 Å². The Bertz CT molecular complexity index is 2970. The average Bonchev–Trinajstić information content (AvgIpc) is 3.84. The average molecular weight is 653 g/mol. The summed E-state index contributed by atoms with van der Waals surface area (Å²) in [6.45, 7) is 0. The minimum absolute atomic E-state index is 0.921. The maximum atomic E-state index is 5.46. The second-order valence-electron chi connectivity index (χ2n) is 13.5. The van der Waals surface area contributed by atoms with E-state index in [4.69, 9.17) is 4.98 Å². The van der Waals surface area contributed by atoms with Gasteiger partial charge in [0.15, 0.2) is 0 Å². The van der Waals surface area contributed by atoms with Crippen molar-refractivity contribution in [2.24, 2.45) is 0 Å². The first kappa shape index (κ1) is 28.2. The first-order valence-electron chi connectivity index (χ1n) is 17.7. The van der Waals surface area contributed by atoms with E-state index in [1.807, 2.05) is 0 Å². The highest BCUT2D eigenvalue weighted by atomic mass is 15.1. The Morgan fingerprint density at radius 1 is 0.451 bits per heavy atom. The quantitative estimate of drug-likeness (QED) is 0.186. The normalized spacial score (nSPS) is 12.9. The minimum Gasteiger partial charge on any atom is -0.309 e. The fourth-order valence-electron chi connectivity index (χ4n) is 8.56. The Labute approximate surface area is 294 Å². The molecule has 0 bridgehead atoms. The third kappa shape index (κ3) is 4.11. The molecule has 11 rings (SSSR count). The van der Waals surface area contributed by atoms with Crippen molar-refractivity contribution in [1.29, 1.82) is 0 Å². The maximum absolute atomic E-state index is 5.46. The SMILES string of the molecule is C1=Cc2c(c3ccc4c5ccccc5n(-c5ccccc5)c4c3n2-c2cccc(-c3cccc(-n4c5ccccc5c5ccccc54)c3)n2)CC1. The van der Waals surface area contributed by atoms with Crippen LogP contribution in [-0.2, 0) is 6.42 Å². The number of pyridine rings is 1. The number of hydrogen-bond donors (Lipinski definition) is 0. The Balaban J connectivity index is 1.16. The number of aromatic nitrogens is 4. The summed E-state index contributed by atoms with van der Waals surface area (Å²) < 4.78 is 7.23. The third-order valence-electron chi connectivity index (χ3n) is 10.7. The van der Waals surface area contributed by atoms with Crippen molar-refractivity contribution in [1.82, 2.24) is 18.7 Å². The van der Waals surface area contributed by atoms with E-state index in [1.165, 1.54) is 65.8 Å². The van der Waals surface area contributed by atoms with Crippen LogP contribution >= 0.6 is 0 Å². The number of nitrogens with zero attached hydrogens (tertiary/aromatic N) is 4. The molecule has 1 aliphatic carbocycles. The number of rotatable bonds is 4. The van der Waals surface area contributed by atoms with Gasteiger partial charge in [-0.25, -0.2) is 4.98 Å². The molecule has 6 aromatic carbocycles. The molecule has 0 spiro atoms. The van der Waals surface area contributed by atoms with Gasteiger partial charge in [0, 0.05) is 43.9 Å². The van der Waals surface area contributed by atoms with Crippen molar-refractivity contribution in [2.45, 2.75) is 12.8 Å². The van der Waals surface area contributed by atoms with Crippen molar-refractivity contribution >= 4 is 60.6 Å². The molecule has 4 nitrogen and oxygen atoms in total. The molecular weight excluding hydrogens is 621 g/mol. The van der Waals surface area contributed by atoms with E-state index in [2.05, 4.69) is 184 Å². The van der Waals surface area contributed by atoms with Crippen molar-refractivity contribution in [3.63, 3.8) is 0 Å². The number of aryl methyl sites for hydroxylation is 1. The van der Waals surface area contributed by atoms with Gasteiger partial charge in [-0.3, -0.25) is 4.57 Å². The minimum atomic E-state index is 0.921. The fourth-order valence-corrected chi connectivity index (χ4v) is 8.56. The Morgan fingerprint density at radius 2 is 1.06 bits per heavy atom. The van der Waals surface area contributed by atoms with Gasteiger partial charge in [0.1, 0.15) is 5.82 Å². The van der Waals surface area contributed by atoms with E-state index in [1.54, 1.807) is 0 Å². The van der Waals surface area contributed by atoms with E-state index >= 15 is 0 Å². The van der Waals surface area contributed by atoms with E-state index in [0.717, 1.165) is 41.3 Å². The summed E-state index contributed by atoms with van der Waals surface area (Å²) in [4.78, 5) is 5.46. The summed E-state index contributed by atoms with van der Waals surface area (Å²) in [5, 5.41) is 6.31. The first-order valence-corrected chi connectivity index (χ1v) is 17.7. The fraction of sp³-hybridized carbons (Fsp3) is 0.0426. The molecule has 0 atom stereocenters. The molecule has 10 aromatic rings. The molecule has 0 N–H and O–H groups in total. The lowest BCUT2D eigenvalue weighted by Gasteiger charge is -2.15. The van der Waals surface area contributed by atoms with Crippen molar-refractivity contribution in [2.75, 3.05) is 0 Å². The topological polar surface area (TPSA) is 27.7 Å². The van der Waals surface area contributed by atoms with Gasteiger partial charge in [0.05, 0.1) is 39.0 Å². The molecule has 1 aliphatic rings. The molecule has 0 aliphatic heterocycles. The van der Waals surface area contributed by atoms with Gasteiger partial charge in [-0.2, -0.15) is 0 Å².